The minimum absolute atomic E-state index is 0.000546. The van der Waals surface area contributed by atoms with Gasteiger partial charge in [0.25, 0.3) is 0 Å². The third kappa shape index (κ3) is 6.02. The lowest BCUT2D eigenvalue weighted by Crippen LogP contribution is -2.21. The van der Waals surface area contributed by atoms with Gasteiger partial charge in [-0.1, -0.05) is 26.8 Å². The van der Waals surface area contributed by atoms with Crippen LogP contribution in [0.1, 0.15) is 27.2 Å². The lowest BCUT2D eigenvalue weighted by atomic mass is 9.94. The van der Waals surface area contributed by atoms with Gasteiger partial charge in [-0.05, 0) is 39.9 Å². The van der Waals surface area contributed by atoms with Gasteiger partial charge >= 0.3 is 0 Å². The van der Waals surface area contributed by atoms with Crippen LogP contribution in [0.4, 0.5) is 5.82 Å². The average Bonchev–Trinajstić information content (AvgIpc) is 2.13. The van der Waals surface area contributed by atoms with E-state index >= 15 is 0 Å². The molecule has 0 spiro atoms. The molecule has 96 valence electrons. The summed E-state index contributed by atoms with van der Waals surface area (Å²) in [5, 5.41) is 0. The van der Waals surface area contributed by atoms with E-state index < -0.39 is 10.0 Å². The van der Waals surface area contributed by atoms with Crippen molar-refractivity contribution >= 4 is 31.8 Å². The summed E-state index contributed by atoms with van der Waals surface area (Å²) in [7, 11) is -3.32. The molecule has 1 heterocycles. The summed E-state index contributed by atoms with van der Waals surface area (Å²) in [5.41, 5.74) is -0.000546. The van der Waals surface area contributed by atoms with Crippen LogP contribution in [-0.4, -0.2) is 19.2 Å². The molecule has 0 aliphatic carbocycles. The molecule has 0 saturated heterocycles. The minimum Gasteiger partial charge on any atom is -0.267 e. The van der Waals surface area contributed by atoms with Crippen LogP contribution in [0.25, 0.3) is 0 Å². The molecule has 1 aromatic rings. The second kappa shape index (κ2) is 5.35. The van der Waals surface area contributed by atoms with E-state index in [-0.39, 0.29) is 11.2 Å². The van der Waals surface area contributed by atoms with Crippen LogP contribution in [-0.2, 0) is 10.0 Å². The first-order valence-corrected chi connectivity index (χ1v) is 7.76. The number of halogens is 1. The van der Waals surface area contributed by atoms with E-state index in [2.05, 4.69) is 25.6 Å². The van der Waals surface area contributed by atoms with Gasteiger partial charge in [0.15, 0.2) is 0 Å². The van der Waals surface area contributed by atoms with Gasteiger partial charge in [-0.25, -0.2) is 13.4 Å². The Morgan fingerprint density at radius 2 is 2.00 bits per heavy atom. The lowest BCUT2D eigenvalue weighted by Gasteiger charge is -2.17. The molecule has 0 aromatic carbocycles. The average molecular weight is 321 g/mol. The number of hydrogen-bond acceptors (Lipinski definition) is 3. The Morgan fingerprint density at radius 3 is 2.53 bits per heavy atom. The van der Waals surface area contributed by atoms with Crippen molar-refractivity contribution in [1.82, 2.24) is 4.98 Å². The number of pyridine rings is 1. The van der Waals surface area contributed by atoms with Crippen molar-refractivity contribution in [2.75, 3.05) is 10.5 Å². The Morgan fingerprint density at radius 1 is 1.35 bits per heavy atom. The van der Waals surface area contributed by atoms with Crippen molar-refractivity contribution in [3.63, 3.8) is 0 Å². The third-order valence-corrected chi connectivity index (χ3v) is 3.80. The fourth-order valence-electron chi connectivity index (χ4n) is 1.12. The highest BCUT2D eigenvalue weighted by atomic mass is 79.9. The zero-order valence-electron chi connectivity index (χ0n) is 10.2. The molecule has 1 aromatic heterocycles. The molecule has 6 heteroatoms. The number of nitrogens with zero attached hydrogens (tertiary/aromatic N) is 1. The normalized spacial score (nSPS) is 12.5. The molecule has 0 bridgehead atoms. The van der Waals surface area contributed by atoms with Crippen molar-refractivity contribution in [2.45, 2.75) is 27.2 Å². The van der Waals surface area contributed by atoms with Crippen LogP contribution in [0.3, 0.4) is 0 Å². The number of sulfonamides is 1. The van der Waals surface area contributed by atoms with Gasteiger partial charge < -0.3 is 0 Å². The molecule has 1 N–H and O–H groups in total. The Labute approximate surface area is 111 Å². The summed E-state index contributed by atoms with van der Waals surface area (Å²) in [6.07, 6.45) is 0.607. The Balaban J connectivity index is 2.67. The largest absolute Gasteiger partial charge is 0.267 e. The number of aromatic nitrogens is 1. The highest BCUT2D eigenvalue weighted by molar-refractivity contribution is 9.10. The van der Waals surface area contributed by atoms with E-state index in [0.717, 1.165) is 0 Å². The summed E-state index contributed by atoms with van der Waals surface area (Å²) in [5.74, 6) is 0.443. The molecular formula is C11H17BrN2O2S. The van der Waals surface area contributed by atoms with E-state index in [0.29, 0.717) is 16.8 Å². The Hall–Kier alpha value is -0.620. The molecule has 0 fully saturated rings. The maximum atomic E-state index is 11.8. The van der Waals surface area contributed by atoms with E-state index in [4.69, 9.17) is 0 Å². The van der Waals surface area contributed by atoms with Crippen LogP contribution in [0.15, 0.2) is 22.8 Å². The molecule has 17 heavy (non-hydrogen) atoms. The molecule has 0 saturated carbocycles. The summed E-state index contributed by atoms with van der Waals surface area (Å²) in [6.45, 7) is 6.04. The van der Waals surface area contributed by atoms with Crippen LogP contribution in [0.2, 0.25) is 0 Å². The van der Waals surface area contributed by atoms with Crippen molar-refractivity contribution in [1.29, 1.82) is 0 Å². The molecule has 0 amide bonds. The van der Waals surface area contributed by atoms with Crippen LogP contribution < -0.4 is 4.72 Å². The third-order valence-electron chi connectivity index (χ3n) is 2.10. The van der Waals surface area contributed by atoms with Gasteiger partial charge in [-0.2, -0.15) is 0 Å². The predicted octanol–water partition coefficient (Wildman–Crippen LogP) is 3.02. The summed E-state index contributed by atoms with van der Waals surface area (Å²) >= 11 is 3.19. The molecule has 1 rings (SSSR count). The Kier molecular flexibility index (Phi) is 4.55. The SMILES string of the molecule is CC(C)(C)CCS(=O)(=O)Nc1cccc(Br)n1. The maximum absolute atomic E-state index is 11.8. The van der Waals surface area contributed by atoms with E-state index in [1.807, 2.05) is 20.8 Å². The fourth-order valence-corrected chi connectivity index (χ4v) is 2.88. The molecule has 4 nitrogen and oxygen atoms in total. The zero-order chi connectivity index (χ0) is 13.1. The molecule has 0 aliphatic rings. The number of anilines is 1. The number of hydrogen-bond donors (Lipinski definition) is 1. The smallest absolute Gasteiger partial charge is 0.233 e. The maximum Gasteiger partial charge on any atom is 0.233 e. The van der Waals surface area contributed by atoms with E-state index in [1.165, 1.54) is 0 Å². The van der Waals surface area contributed by atoms with Gasteiger partial charge in [0.05, 0.1) is 5.75 Å². The summed E-state index contributed by atoms with van der Waals surface area (Å²) in [6, 6.07) is 5.10. The van der Waals surface area contributed by atoms with Gasteiger partial charge in [0.1, 0.15) is 10.4 Å². The Bertz CT molecular complexity index is 480. The summed E-state index contributed by atoms with van der Waals surface area (Å²) < 4.78 is 26.7. The minimum atomic E-state index is -3.32. The highest BCUT2D eigenvalue weighted by Gasteiger charge is 2.17. The van der Waals surface area contributed by atoms with Crippen molar-refractivity contribution in [3.05, 3.63) is 22.8 Å². The first kappa shape index (κ1) is 14.4. The van der Waals surface area contributed by atoms with Gasteiger partial charge in [-0.15, -0.1) is 0 Å². The standard InChI is InChI=1S/C11H17BrN2O2S/c1-11(2,3)7-8-17(15,16)14-10-6-4-5-9(12)13-10/h4-6H,7-8H2,1-3H3,(H,13,14). The fraction of sp³-hybridized carbons (Fsp3) is 0.545. The van der Waals surface area contributed by atoms with Crippen LogP contribution >= 0.6 is 15.9 Å². The first-order chi connectivity index (χ1) is 7.68. The topological polar surface area (TPSA) is 59.1 Å². The van der Waals surface area contributed by atoms with Gasteiger partial charge in [0, 0.05) is 0 Å². The van der Waals surface area contributed by atoms with Crippen LogP contribution in [0.5, 0.6) is 0 Å². The van der Waals surface area contributed by atoms with Crippen LogP contribution in [0, 0.1) is 5.41 Å². The second-order valence-corrected chi connectivity index (χ2v) is 7.73. The molecule has 0 unspecified atom stereocenters. The second-order valence-electron chi connectivity index (χ2n) is 5.08. The van der Waals surface area contributed by atoms with Crippen molar-refractivity contribution in [2.24, 2.45) is 5.41 Å². The summed E-state index contributed by atoms with van der Waals surface area (Å²) in [4.78, 5) is 4.03. The van der Waals surface area contributed by atoms with E-state index in [9.17, 15) is 8.42 Å². The quantitative estimate of drug-likeness (QED) is 0.867. The highest BCUT2D eigenvalue weighted by Crippen LogP contribution is 2.20. The van der Waals surface area contributed by atoms with Crippen molar-refractivity contribution < 1.29 is 8.42 Å². The molecule has 0 radical (unpaired) electrons. The molecule has 0 atom stereocenters. The zero-order valence-corrected chi connectivity index (χ0v) is 12.6. The first-order valence-electron chi connectivity index (χ1n) is 5.31. The van der Waals surface area contributed by atoms with Gasteiger partial charge in [-0.3, -0.25) is 4.72 Å². The monoisotopic (exact) mass is 320 g/mol. The van der Waals surface area contributed by atoms with Gasteiger partial charge in [0.2, 0.25) is 10.0 Å². The lowest BCUT2D eigenvalue weighted by molar-refractivity contribution is 0.397. The molecular weight excluding hydrogens is 304 g/mol. The number of nitrogens with one attached hydrogen (secondary N) is 1. The molecule has 0 aliphatic heterocycles. The number of rotatable bonds is 4. The predicted molar refractivity (Wildman–Crippen MR) is 73.4 cm³/mol. The van der Waals surface area contributed by atoms with E-state index in [1.54, 1.807) is 18.2 Å². The van der Waals surface area contributed by atoms with Crippen molar-refractivity contribution in [3.8, 4) is 0 Å².